The summed E-state index contributed by atoms with van der Waals surface area (Å²) in [7, 11) is 0.296. The summed E-state index contributed by atoms with van der Waals surface area (Å²) >= 11 is 0. The summed E-state index contributed by atoms with van der Waals surface area (Å²) < 4.78 is 34.9. The molecule has 11 heteroatoms. The van der Waals surface area contributed by atoms with Gasteiger partial charge in [0.05, 0.1) is 23.9 Å². The van der Waals surface area contributed by atoms with Gasteiger partial charge in [-0.05, 0) is 19.1 Å². The zero-order chi connectivity index (χ0) is 21.9. The van der Waals surface area contributed by atoms with Crippen LogP contribution in [0.4, 0.5) is 17.3 Å². The monoisotopic (exact) mass is 420 g/mol. The molecule has 0 radical (unpaired) electrons. The number of fused-ring (bicyclic) bond motifs is 1. The normalized spacial score (nSPS) is 12.0. The SMILES string of the molecule is COS(=O)(=O)[O-].Cc1cc(=Nc2ccc3c(c2)c(N)cc(C)[n+]3C)nc(N)n1C. The molecule has 156 valence electrons. The molecule has 0 aliphatic rings. The van der Waals surface area contributed by atoms with E-state index in [2.05, 4.69) is 18.7 Å². The topological polar surface area (TPSA) is 153 Å². The van der Waals surface area contributed by atoms with Gasteiger partial charge in [-0.25, -0.2) is 13.4 Å². The molecular weight excluding hydrogens is 396 g/mol. The Morgan fingerprint density at radius 2 is 1.83 bits per heavy atom. The van der Waals surface area contributed by atoms with E-state index in [1.807, 2.05) is 62.8 Å². The first-order valence-corrected chi connectivity index (χ1v) is 9.81. The molecular formula is C18H24N6O4S. The molecule has 0 aliphatic heterocycles. The van der Waals surface area contributed by atoms with Crippen LogP contribution in [0.3, 0.4) is 0 Å². The van der Waals surface area contributed by atoms with Crippen LogP contribution in [0.5, 0.6) is 0 Å². The average Bonchev–Trinajstić information content (AvgIpc) is 2.64. The molecule has 0 spiro atoms. The van der Waals surface area contributed by atoms with Crippen LogP contribution in [0.1, 0.15) is 11.4 Å². The fourth-order valence-electron chi connectivity index (χ4n) is 2.59. The lowest BCUT2D eigenvalue weighted by Gasteiger charge is -2.07. The highest BCUT2D eigenvalue weighted by molar-refractivity contribution is 7.80. The molecule has 2 aromatic heterocycles. The molecule has 0 fully saturated rings. The summed E-state index contributed by atoms with van der Waals surface area (Å²) in [4.78, 5) is 8.88. The molecule has 0 aliphatic carbocycles. The minimum absolute atomic E-state index is 0.436. The van der Waals surface area contributed by atoms with Gasteiger partial charge in [-0.15, -0.1) is 0 Å². The number of rotatable bonds is 2. The molecule has 1 aromatic carbocycles. The molecule has 0 bridgehead atoms. The maximum Gasteiger partial charge on any atom is 0.217 e. The van der Waals surface area contributed by atoms with E-state index in [1.165, 1.54) is 0 Å². The Labute approximate surface area is 169 Å². The fraction of sp³-hybridized carbons (Fsp3) is 0.278. The Kier molecular flexibility index (Phi) is 6.57. The summed E-state index contributed by atoms with van der Waals surface area (Å²) in [5, 5.41) is 0.977. The first-order valence-electron chi connectivity index (χ1n) is 8.48. The van der Waals surface area contributed by atoms with E-state index in [0.717, 1.165) is 40.8 Å². The summed E-state index contributed by atoms with van der Waals surface area (Å²) in [6.45, 7) is 4.01. The number of hydrogen-bond acceptors (Lipinski definition) is 8. The Morgan fingerprint density at radius 3 is 2.38 bits per heavy atom. The Morgan fingerprint density at radius 1 is 1.21 bits per heavy atom. The van der Waals surface area contributed by atoms with Crippen molar-refractivity contribution in [2.45, 2.75) is 13.8 Å². The second-order valence-electron chi connectivity index (χ2n) is 6.36. The highest BCUT2D eigenvalue weighted by atomic mass is 32.3. The summed E-state index contributed by atoms with van der Waals surface area (Å²) in [6.07, 6.45) is 0. The van der Waals surface area contributed by atoms with Crippen LogP contribution in [-0.4, -0.2) is 29.6 Å². The molecule has 4 N–H and O–H groups in total. The largest absolute Gasteiger partial charge is 0.726 e. The van der Waals surface area contributed by atoms with Gasteiger partial charge in [0.1, 0.15) is 7.05 Å². The Hall–Kier alpha value is -3.02. The first-order chi connectivity index (χ1) is 13.4. The van der Waals surface area contributed by atoms with Crippen LogP contribution in [0.25, 0.3) is 10.9 Å². The predicted octanol–water partition coefficient (Wildman–Crippen LogP) is 0.504. The molecule has 0 amide bonds. The summed E-state index contributed by atoms with van der Waals surface area (Å²) in [5.41, 5.74) is 17.4. The maximum absolute atomic E-state index is 9.22. The zero-order valence-electron chi connectivity index (χ0n) is 16.9. The van der Waals surface area contributed by atoms with Gasteiger partial charge in [-0.2, -0.15) is 9.55 Å². The van der Waals surface area contributed by atoms with E-state index >= 15 is 0 Å². The van der Waals surface area contributed by atoms with Crippen molar-refractivity contribution in [2.24, 2.45) is 19.1 Å². The van der Waals surface area contributed by atoms with Crippen LogP contribution in [0.2, 0.25) is 0 Å². The van der Waals surface area contributed by atoms with E-state index in [1.54, 1.807) is 0 Å². The van der Waals surface area contributed by atoms with Gasteiger partial charge < -0.3 is 20.6 Å². The molecule has 10 nitrogen and oxygen atoms in total. The molecule has 0 saturated heterocycles. The van der Waals surface area contributed by atoms with E-state index < -0.39 is 10.4 Å². The van der Waals surface area contributed by atoms with Crippen molar-refractivity contribution in [1.29, 1.82) is 0 Å². The van der Waals surface area contributed by atoms with Gasteiger partial charge in [-0.3, -0.25) is 4.18 Å². The summed E-state index contributed by atoms with van der Waals surface area (Å²) in [5.74, 6) is 0.436. The maximum atomic E-state index is 9.22. The van der Waals surface area contributed by atoms with Crippen molar-refractivity contribution in [3.05, 3.63) is 47.2 Å². The summed E-state index contributed by atoms with van der Waals surface area (Å²) in [6, 6.07) is 9.83. The molecule has 29 heavy (non-hydrogen) atoms. The zero-order valence-corrected chi connectivity index (χ0v) is 17.7. The van der Waals surface area contributed by atoms with Crippen LogP contribution in [-0.2, 0) is 28.7 Å². The predicted molar refractivity (Wildman–Crippen MR) is 109 cm³/mol. The van der Waals surface area contributed by atoms with E-state index in [9.17, 15) is 13.0 Å². The number of nitrogens with zero attached hydrogens (tertiary/aromatic N) is 4. The second-order valence-corrected chi connectivity index (χ2v) is 7.51. The quantitative estimate of drug-likeness (QED) is 0.348. The number of nitrogen functional groups attached to an aromatic ring is 2. The molecule has 2 heterocycles. The third-order valence-corrected chi connectivity index (χ3v) is 4.84. The van der Waals surface area contributed by atoms with Gasteiger partial charge in [-0.1, -0.05) is 0 Å². The van der Waals surface area contributed by atoms with Crippen LogP contribution < -0.4 is 21.5 Å². The van der Waals surface area contributed by atoms with E-state index in [-0.39, 0.29) is 0 Å². The van der Waals surface area contributed by atoms with Gasteiger partial charge in [0.15, 0.2) is 11.2 Å². The van der Waals surface area contributed by atoms with Gasteiger partial charge in [0.2, 0.25) is 21.9 Å². The van der Waals surface area contributed by atoms with Crippen molar-refractivity contribution in [3.8, 4) is 0 Å². The number of aryl methyl sites for hydroxylation is 3. The van der Waals surface area contributed by atoms with Gasteiger partial charge >= 0.3 is 0 Å². The molecule has 3 aromatic rings. The lowest BCUT2D eigenvalue weighted by Crippen LogP contribution is -2.32. The number of aromatic nitrogens is 3. The third-order valence-electron chi connectivity index (χ3n) is 4.43. The minimum Gasteiger partial charge on any atom is -0.726 e. The molecule has 0 unspecified atom stereocenters. The van der Waals surface area contributed by atoms with Gasteiger partial charge in [0, 0.05) is 37.9 Å². The van der Waals surface area contributed by atoms with E-state index in [0.29, 0.717) is 11.4 Å². The lowest BCUT2D eigenvalue weighted by molar-refractivity contribution is -0.651. The van der Waals surface area contributed by atoms with Crippen LogP contribution >= 0.6 is 0 Å². The van der Waals surface area contributed by atoms with E-state index in [4.69, 9.17) is 11.5 Å². The Bertz CT molecular complexity index is 1210. The van der Waals surface area contributed by atoms with Crippen LogP contribution in [0.15, 0.2) is 35.3 Å². The second kappa shape index (κ2) is 8.55. The third kappa shape index (κ3) is 5.50. The van der Waals surface area contributed by atoms with Crippen molar-refractivity contribution < 1.29 is 21.7 Å². The fourth-order valence-corrected chi connectivity index (χ4v) is 2.59. The Balaban J connectivity index is 0.000000438. The number of benzene rings is 1. The molecule has 0 atom stereocenters. The molecule has 3 rings (SSSR count). The smallest absolute Gasteiger partial charge is 0.217 e. The highest BCUT2D eigenvalue weighted by Gasteiger charge is 2.12. The van der Waals surface area contributed by atoms with Gasteiger partial charge in [0.25, 0.3) is 0 Å². The number of anilines is 2. The highest BCUT2D eigenvalue weighted by Crippen LogP contribution is 2.24. The van der Waals surface area contributed by atoms with Crippen molar-refractivity contribution >= 4 is 38.6 Å². The van der Waals surface area contributed by atoms with Crippen LogP contribution in [0, 0.1) is 13.8 Å². The average molecular weight is 420 g/mol. The number of pyridine rings is 1. The number of hydrogen-bond donors (Lipinski definition) is 2. The van der Waals surface area contributed by atoms with Crippen molar-refractivity contribution in [2.75, 3.05) is 18.6 Å². The standard InChI is InChI=1S/C17H20N6.CH4O4S/c1-10-7-14(18)13-9-12(5-6-15(13)22(10)3)20-16-8-11(2)23(4)17(19)21-16;1-5-6(2,3)4/h5-9,18H,1-4H3,(H2,19,20,21);1H3,(H,2,3,4). The first kappa shape index (κ1) is 22.3. The lowest BCUT2D eigenvalue weighted by atomic mass is 10.1. The van der Waals surface area contributed by atoms with Crippen molar-refractivity contribution in [1.82, 2.24) is 9.55 Å². The minimum atomic E-state index is -4.41. The van der Waals surface area contributed by atoms with Crippen molar-refractivity contribution in [3.63, 3.8) is 0 Å². The molecule has 0 saturated carbocycles. The number of nitrogens with two attached hydrogens (primary N) is 2.